The Balaban J connectivity index is 1.62. The number of anilines is 1. The maximum Gasteiger partial charge on any atom is 0.224 e. The highest BCUT2D eigenvalue weighted by atomic mass is 35.5. The van der Waals surface area contributed by atoms with Crippen LogP contribution in [0.5, 0.6) is 0 Å². The summed E-state index contributed by atoms with van der Waals surface area (Å²) in [6.45, 7) is 10.6. The Hall–Kier alpha value is -1.84. The minimum Gasteiger partial charge on any atom is -0.326 e. The van der Waals surface area contributed by atoms with E-state index in [1.54, 1.807) is 11.3 Å². The van der Waals surface area contributed by atoms with Gasteiger partial charge < -0.3 is 5.32 Å². The summed E-state index contributed by atoms with van der Waals surface area (Å²) in [7, 11) is 0. The van der Waals surface area contributed by atoms with Crippen molar-refractivity contribution in [2.75, 3.05) is 5.32 Å². The molecule has 0 saturated heterocycles. The van der Waals surface area contributed by atoms with E-state index < -0.39 is 0 Å². The monoisotopic (exact) mass is 439 g/mol. The van der Waals surface area contributed by atoms with E-state index in [0.717, 1.165) is 35.5 Å². The van der Waals surface area contributed by atoms with Gasteiger partial charge in [-0.1, -0.05) is 38.4 Å². The van der Waals surface area contributed by atoms with Gasteiger partial charge >= 0.3 is 0 Å². The molecule has 158 valence electrons. The zero-order valence-corrected chi connectivity index (χ0v) is 20.1. The summed E-state index contributed by atoms with van der Waals surface area (Å²) >= 11 is 8.15. The molecule has 2 aromatic carbocycles. The van der Waals surface area contributed by atoms with Crippen LogP contribution >= 0.6 is 22.9 Å². The minimum absolute atomic E-state index is 0.0162. The van der Waals surface area contributed by atoms with Crippen molar-refractivity contribution >= 4 is 44.6 Å². The molecule has 0 spiro atoms. The topological polar surface area (TPSA) is 29.1 Å². The number of thiophene rings is 1. The zero-order valence-electron chi connectivity index (χ0n) is 18.5. The largest absolute Gasteiger partial charge is 0.326 e. The molecule has 1 aromatic heterocycles. The lowest BCUT2D eigenvalue weighted by Gasteiger charge is -2.21. The molecule has 0 radical (unpaired) electrons. The average molecular weight is 440 g/mol. The van der Waals surface area contributed by atoms with Crippen LogP contribution in [0, 0.1) is 19.3 Å². The van der Waals surface area contributed by atoms with Crippen LogP contribution in [0.1, 0.15) is 67.3 Å². The molecule has 4 heteroatoms. The van der Waals surface area contributed by atoms with E-state index in [-0.39, 0.29) is 11.3 Å². The van der Waals surface area contributed by atoms with Crippen LogP contribution in [0.15, 0.2) is 29.6 Å². The predicted octanol–water partition coefficient (Wildman–Crippen LogP) is 7.82. The fraction of sp³-hybridized carbons (Fsp3) is 0.423. The number of carbonyl (C=O) groups is 1. The van der Waals surface area contributed by atoms with Crippen LogP contribution in [-0.4, -0.2) is 5.91 Å². The lowest BCUT2D eigenvalue weighted by atomic mass is 9.89. The Kier molecular flexibility index (Phi) is 5.71. The lowest BCUT2D eigenvalue weighted by Crippen LogP contribution is -2.21. The van der Waals surface area contributed by atoms with E-state index in [2.05, 4.69) is 69.6 Å². The Labute approximate surface area is 188 Å². The summed E-state index contributed by atoms with van der Waals surface area (Å²) in [5, 5.41) is 7.50. The standard InChI is InChI=1S/C26H30ClNOS/c1-15-10-22-17(11-18-12-19(27)13-23-21(18)8-9-30-23)6-7-20(22)16(2)25(15)28-24(29)14-26(3,4)5/h8-10,12-13,17H,6-7,11,14H2,1-5H3,(H,28,29). The predicted molar refractivity (Wildman–Crippen MR) is 130 cm³/mol. The summed E-state index contributed by atoms with van der Waals surface area (Å²) in [6, 6.07) is 8.72. The number of carbonyl (C=O) groups excluding carboxylic acids is 1. The van der Waals surface area contributed by atoms with E-state index in [4.69, 9.17) is 11.6 Å². The lowest BCUT2D eigenvalue weighted by molar-refractivity contribution is -0.117. The Morgan fingerprint density at radius 3 is 2.73 bits per heavy atom. The molecule has 0 bridgehead atoms. The number of hydrogen-bond donors (Lipinski definition) is 1. The first-order valence-corrected chi connectivity index (χ1v) is 12.0. The molecule has 1 aliphatic rings. The van der Waals surface area contributed by atoms with Crippen molar-refractivity contribution in [2.45, 2.75) is 66.2 Å². The zero-order chi connectivity index (χ0) is 21.6. The molecule has 30 heavy (non-hydrogen) atoms. The number of nitrogens with one attached hydrogen (secondary N) is 1. The van der Waals surface area contributed by atoms with Gasteiger partial charge in [-0.2, -0.15) is 0 Å². The van der Waals surface area contributed by atoms with Gasteiger partial charge in [-0.05, 0) is 101 Å². The van der Waals surface area contributed by atoms with Crippen LogP contribution in [0.25, 0.3) is 10.1 Å². The van der Waals surface area contributed by atoms with Crippen molar-refractivity contribution in [3.63, 3.8) is 0 Å². The fourth-order valence-electron chi connectivity index (χ4n) is 4.84. The summed E-state index contributed by atoms with van der Waals surface area (Å²) in [6.07, 6.45) is 3.75. The summed E-state index contributed by atoms with van der Waals surface area (Å²) in [5.41, 5.74) is 7.59. The van der Waals surface area contributed by atoms with Gasteiger partial charge in [0.05, 0.1) is 0 Å². The van der Waals surface area contributed by atoms with Crippen molar-refractivity contribution in [2.24, 2.45) is 5.41 Å². The third-order valence-electron chi connectivity index (χ3n) is 6.17. The third kappa shape index (κ3) is 4.29. The van der Waals surface area contributed by atoms with Crippen molar-refractivity contribution < 1.29 is 4.79 Å². The molecule has 3 aromatic rings. The number of benzene rings is 2. The van der Waals surface area contributed by atoms with Gasteiger partial charge in [0, 0.05) is 21.8 Å². The Bertz CT molecular complexity index is 1120. The maximum absolute atomic E-state index is 12.5. The molecule has 1 heterocycles. The highest BCUT2D eigenvalue weighted by molar-refractivity contribution is 7.17. The third-order valence-corrected chi connectivity index (χ3v) is 7.25. The molecule has 1 unspecified atom stereocenters. The molecule has 1 N–H and O–H groups in total. The molecule has 2 nitrogen and oxygen atoms in total. The highest BCUT2D eigenvalue weighted by Crippen LogP contribution is 2.42. The van der Waals surface area contributed by atoms with Gasteiger partial charge in [0.1, 0.15) is 0 Å². The number of amides is 1. The molecule has 1 amide bonds. The first-order valence-electron chi connectivity index (χ1n) is 10.7. The minimum atomic E-state index is -0.0162. The Morgan fingerprint density at radius 2 is 2.00 bits per heavy atom. The highest BCUT2D eigenvalue weighted by Gasteiger charge is 2.27. The second-order valence-electron chi connectivity index (χ2n) is 9.88. The molecule has 1 aliphatic carbocycles. The first-order chi connectivity index (χ1) is 14.1. The van der Waals surface area contributed by atoms with E-state index in [1.165, 1.54) is 32.3 Å². The Morgan fingerprint density at radius 1 is 1.23 bits per heavy atom. The molecule has 0 saturated carbocycles. The van der Waals surface area contributed by atoms with E-state index in [1.807, 2.05) is 0 Å². The van der Waals surface area contributed by atoms with Crippen LogP contribution < -0.4 is 5.32 Å². The van der Waals surface area contributed by atoms with E-state index >= 15 is 0 Å². The molecule has 0 aliphatic heterocycles. The molecular formula is C26H30ClNOS. The molecule has 0 fully saturated rings. The van der Waals surface area contributed by atoms with Gasteiger partial charge in [0.25, 0.3) is 0 Å². The first kappa shape index (κ1) is 21.4. The average Bonchev–Trinajstić information content (AvgIpc) is 3.24. The van der Waals surface area contributed by atoms with Gasteiger partial charge in [-0.3, -0.25) is 4.79 Å². The number of halogens is 1. The second kappa shape index (κ2) is 8.01. The smallest absolute Gasteiger partial charge is 0.224 e. The second-order valence-corrected chi connectivity index (χ2v) is 11.3. The van der Waals surface area contributed by atoms with Crippen molar-refractivity contribution in [1.82, 2.24) is 0 Å². The number of rotatable bonds is 4. The summed E-state index contributed by atoms with van der Waals surface area (Å²) in [4.78, 5) is 12.5. The molecule has 1 atom stereocenters. The van der Waals surface area contributed by atoms with E-state index in [9.17, 15) is 4.79 Å². The normalized spacial score (nSPS) is 16.1. The summed E-state index contributed by atoms with van der Waals surface area (Å²) in [5.74, 6) is 0.597. The van der Waals surface area contributed by atoms with Crippen molar-refractivity contribution in [3.8, 4) is 0 Å². The summed E-state index contributed by atoms with van der Waals surface area (Å²) < 4.78 is 1.26. The number of hydrogen-bond acceptors (Lipinski definition) is 2. The molecule has 4 rings (SSSR count). The quantitative estimate of drug-likeness (QED) is 0.441. The van der Waals surface area contributed by atoms with Crippen molar-refractivity contribution in [1.29, 1.82) is 0 Å². The fourth-order valence-corrected chi connectivity index (χ4v) is 6.02. The molecular weight excluding hydrogens is 410 g/mol. The van der Waals surface area contributed by atoms with Crippen LogP contribution in [0.2, 0.25) is 5.02 Å². The van der Waals surface area contributed by atoms with Gasteiger partial charge in [0.2, 0.25) is 5.91 Å². The van der Waals surface area contributed by atoms with Crippen LogP contribution in [-0.2, 0) is 17.6 Å². The maximum atomic E-state index is 12.5. The van der Waals surface area contributed by atoms with Crippen LogP contribution in [0.4, 0.5) is 5.69 Å². The van der Waals surface area contributed by atoms with Crippen LogP contribution in [0.3, 0.4) is 0 Å². The van der Waals surface area contributed by atoms with Gasteiger partial charge in [-0.25, -0.2) is 0 Å². The number of fused-ring (bicyclic) bond motifs is 2. The van der Waals surface area contributed by atoms with Gasteiger partial charge in [-0.15, -0.1) is 11.3 Å². The van der Waals surface area contributed by atoms with E-state index in [0.29, 0.717) is 12.3 Å². The number of aryl methyl sites for hydroxylation is 1. The SMILES string of the molecule is Cc1cc2c(c(C)c1NC(=O)CC(C)(C)C)CCC2Cc1cc(Cl)cc2sccc12. The van der Waals surface area contributed by atoms with Gasteiger partial charge in [0.15, 0.2) is 0 Å². The van der Waals surface area contributed by atoms with Crippen molar-refractivity contribution in [3.05, 3.63) is 62.5 Å².